The second-order valence-electron chi connectivity index (χ2n) is 5.16. The SMILES string of the molecule is CC(CN)C(=O)NCc1ccc(-n2ccc(C(F)(F)F)n2)cc1. The minimum atomic E-state index is -4.46. The lowest BCUT2D eigenvalue weighted by Crippen LogP contribution is -2.32. The van der Waals surface area contributed by atoms with Gasteiger partial charge in [0.2, 0.25) is 5.91 Å². The molecule has 0 spiro atoms. The maximum Gasteiger partial charge on any atom is 0.435 e. The van der Waals surface area contributed by atoms with Gasteiger partial charge < -0.3 is 11.1 Å². The third kappa shape index (κ3) is 4.32. The molecule has 23 heavy (non-hydrogen) atoms. The van der Waals surface area contributed by atoms with Gasteiger partial charge in [-0.05, 0) is 23.8 Å². The van der Waals surface area contributed by atoms with Crippen LogP contribution in [0.15, 0.2) is 36.5 Å². The molecule has 0 aliphatic rings. The number of alkyl halides is 3. The van der Waals surface area contributed by atoms with Crippen LogP contribution < -0.4 is 11.1 Å². The first-order valence-corrected chi connectivity index (χ1v) is 7.01. The summed E-state index contributed by atoms with van der Waals surface area (Å²) in [6, 6.07) is 7.64. The van der Waals surface area contributed by atoms with Gasteiger partial charge in [-0.3, -0.25) is 4.79 Å². The Bertz CT molecular complexity index is 664. The third-order valence-electron chi connectivity index (χ3n) is 3.35. The lowest BCUT2D eigenvalue weighted by Gasteiger charge is -2.10. The molecule has 1 heterocycles. The van der Waals surface area contributed by atoms with E-state index in [1.165, 1.54) is 6.20 Å². The van der Waals surface area contributed by atoms with Crippen molar-refractivity contribution in [2.45, 2.75) is 19.6 Å². The van der Waals surface area contributed by atoms with Crippen molar-refractivity contribution in [2.75, 3.05) is 6.54 Å². The fourth-order valence-corrected chi connectivity index (χ4v) is 1.86. The van der Waals surface area contributed by atoms with E-state index in [0.29, 0.717) is 12.2 Å². The van der Waals surface area contributed by atoms with E-state index in [1.807, 2.05) is 0 Å². The minimum absolute atomic E-state index is 0.140. The molecule has 0 saturated carbocycles. The van der Waals surface area contributed by atoms with Crippen LogP contribution in [0.4, 0.5) is 13.2 Å². The summed E-state index contributed by atoms with van der Waals surface area (Å²) >= 11 is 0. The number of amides is 1. The molecule has 0 aliphatic carbocycles. The van der Waals surface area contributed by atoms with E-state index in [9.17, 15) is 18.0 Å². The summed E-state index contributed by atoms with van der Waals surface area (Å²) in [5, 5.41) is 6.24. The molecule has 0 radical (unpaired) electrons. The van der Waals surface area contributed by atoms with Crippen LogP contribution in [0.3, 0.4) is 0 Å². The summed E-state index contributed by atoms with van der Waals surface area (Å²) in [5.74, 6) is -0.405. The average Bonchev–Trinajstić information content (AvgIpc) is 3.02. The lowest BCUT2D eigenvalue weighted by atomic mass is 10.1. The first kappa shape index (κ1) is 17.0. The molecule has 124 valence electrons. The maximum absolute atomic E-state index is 12.5. The number of rotatable bonds is 5. The zero-order valence-electron chi connectivity index (χ0n) is 12.5. The van der Waals surface area contributed by atoms with Crippen molar-refractivity contribution in [3.63, 3.8) is 0 Å². The third-order valence-corrected chi connectivity index (χ3v) is 3.35. The monoisotopic (exact) mass is 326 g/mol. The Hall–Kier alpha value is -2.35. The second-order valence-corrected chi connectivity index (χ2v) is 5.16. The zero-order valence-corrected chi connectivity index (χ0v) is 12.5. The van der Waals surface area contributed by atoms with Crippen molar-refractivity contribution >= 4 is 5.91 Å². The van der Waals surface area contributed by atoms with E-state index >= 15 is 0 Å². The van der Waals surface area contributed by atoms with Crippen LogP contribution >= 0.6 is 0 Å². The fraction of sp³-hybridized carbons (Fsp3) is 0.333. The van der Waals surface area contributed by atoms with Crippen LogP contribution in [-0.4, -0.2) is 22.2 Å². The molecule has 1 atom stereocenters. The van der Waals surface area contributed by atoms with Gasteiger partial charge in [-0.15, -0.1) is 0 Å². The van der Waals surface area contributed by atoms with E-state index in [1.54, 1.807) is 31.2 Å². The molecule has 0 bridgehead atoms. The molecular weight excluding hydrogens is 309 g/mol. The van der Waals surface area contributed by atoms with Crippen molar-refractivity contribution in [1.29, 1.82) is 0 Å². The summed E-state index contributed by atoms with van der Waals surface area (Å²) in [4.78, 5) is 11.6. The topological polar surface area (TPSA) is 72.9 Å². The molecule has 0 aliphatic heterocycles. The summed E-state index contributed by atoms with van der Waals surface area (Å²) in [7, 11) is 0. The number of hydrogen-bond acceptors (Lipinski definition) is 3. The quantitative estimate of drug-likeness (QED) is 0.884. The molecule has 1 unspecified atom stereocenters. The number of carbonyl (C=O) groups excluding carboxylic acids is 1. The van der Waals surface area contributed by atoms with Crippen LogP contribution in [0.2, 0.25) is 0 Å². The smallest absolute Gasteiger partial charge is 0.352 e. The number of nitrogens with zero attached hydrogens (tertiary/aromatic N) is 2. The Morgan fingerprint density at radius 1 is 1.30 bits per heavy atom. The molecule has 1 aromatic heterocycles. The van der Waals surface area contributed by atoms with E-state index in [-0.39, 0.29) is 18.4 Å². The Kier molecular flexibility index (Phi) is 5.05. The number of carbonyl (C=O) groups is 1. The summed E-state index contributed by atoms with van der Waals surface area (Å²) in [5.41, 5.74) is 5.80. The van der Waals surface area contributed by atoms with Crippen molar-refractivity contribution < 1.29 is 18.0 Å². The molecule has 5 nitrogen and oxygen atoms in total. The number of hydrogen-bond donors (Lipinski definition) is 2. The zero-order chi connectivity index (χ0) is 17.0. The van der Waals surface area contributed by atoms with Crippen molar-refractivity contribution in [1.82, 2.24) is 15.1 Å². The highest BCUT2D eigenvalue weighted by molar-refractivity contribution is 5.78. The number of halogens is 3. The van der Waals surface area contributed by atoms with Gasteiger partial charge in [-0.2, -0.15) is 18.3 Å². The molecule has 3 N–H and O–H groups in total. The molecule has 0 saturated heterocycles. The Balaban J connectivity index is 2.02. The molecule has 2 rings (SSSR count). The standard InChI is InChI=1S/C15H17F3N4O/c1-10(8-19)14(23)20-9-11-2-4-12(5-3-11)22-7-6-13(21-22)15(16,17)18/h2-7,10H,8-9,19H2,1H3,(H,20,23). The van der Waals surface area contributed by atoms with E-state index < -0.39 is 11.9 Å². The Labute approximate surface area is 131 Å². The van der Waals surface area contributed by atoms with E-state index in [2.05, 4.69) is 10.4 Å². The van der Waals surface area contributed by atoms with Gasteiger partial charge in [0.05, 0.1) is 5.69 Å². The molecule has 1 amide bonds. The molecular formula is C15H17F3N4O. The molecule has 1 aromatic carbocycles. The first-order valence-electron chi connectivity index (χ1n) is 7.01. The van der Waals surface area contributed by atoms with Gasteiger partial charge in [0.1, 0.15) is 0 Å². The fourth-order valence-electron chi connectivity index (χ4n) is 1.86. The second kappa shape index (κ2) is 6.82. The number of nitrogens with two attached hydrogens (primary N) is 1. The van der Waals surface area contributed by atoms with Crippen molar-refractivity contribution in [3.05, 3.63) is 47.8 Å². The van der Waals surface area contributed by atoms with Gasteiger partial charge in [-0.1, -0.05) is 19.1 Å². The van der Waals surface area contributed by atoms with Gasteiger partial charge in [0.25, 0.3) is 0 Å². The van der Waals surface area contributed by atoms with E-state index in [0.717, 1.165) is 16.3 Å². The molecule has 0 fully saturated rings. The van der Waals surface area contributed by atoms with Crippen molar-refractivity contribution in [2.24, 2.45) is 11.7 Å². The van der Waals surface area contributed by atoms with Crippen LogP contribution in [0, 0.1) is 5.92 Å². The predicted octanol–water partition coefficient (Wildman–Crippen LogP) is 2.10. The number of aromatic nitrogens is 2. The van der Waals surface area contributed by atoms with Crippen molar-refractivity contribution in [3.8, 4) is 5.69 Å². The lowest BCUT2D eigenvalue weighted by molar-refractivity contribution is -0.141. The molecule has 8 heteroatoms. The molecule has 2 aromatic rings. The van der Waals surface area contributed by atoms with Crippen LogP contribution in [0.25, 0.3) is 5.69 Å². The van der Waals surface area contributed by atoms with Gasteiger partial charge in [0, 0.05) is 25.2 Å². The van der Waals surface area contributed by atoms with Crippen LogP contribution in [-0.2, 0) is 17.5 Å². The summed E-state index contributed by atoms with van der Waals surface area (Å²) in [6.45, 7) is 2.33. The highest BCUT2D eigenvalue weighted by Gasteiger charge is 2.33. The summed E-state index contributed by atoms with van der Waals surface area (Å²) < 4.78 is 38.7. The van der Waals surface area contributed by atoms with E-state index in [4.69, 9.17) is 5.73 Å². The number of nitrogens with one attached hydrogen (secondary N) is 1. The Morgan fingerprint density at radius 2 is 1.96 bits per heavy atom. The highest BCUT2D eigenvalue weighted by Crippen LogP contribution is 2.27. The van der Waals surface area contributed by atoms with Crippen LogP contribution in [0.5, 0.6) is 0 Å². The normalized spacial score (nSPS) is 12.9. The average molecular weight is 326 g/mol. The first-order chi connectivity index (χ1) is 10.8. The minimum Gasteiger partial charge on any atom is -0.352 e. The Morgan fingerprint density at radius 3 is 2.48 bits per heavy atom. The predicted molar refractivity (Wildman–Crippen MR) is 78.6 cm³/mol. The number of benzene rings is 1. The van der Waals surface area contributed by atoms with Gasteiger partial charge in [-0.25, -0.2) is 4.68 Å². The summed E-state index contributed by atoms with van der Waals surface area (Å²) in [6.07, 6.45) is -3.21. The van der Waals surface area contributed by atoms with Crippen LogP contribution in [0.1, 0.15) is 18.2 Å². The maximum atomic E-state index is 12.5. The largest absolute Gasteiger partial charge is 0.435 e. The highest BCUT2D eigenvalue weighted by atomic mass is 19.4. The van der Waals surface area contributed by atoms with Gasteiger partial charge >= 0.3 is 6.18 Å². The van der Waals surface area contributed by atoms with Gasteiger partial charge in [0.15, 0.2) is 5.69 Å².